The van der Waals surface area contributed by atoms with Crippen LogP contribution >= 0.6 is 0 Å². The van der Waals surface area contributed by atoms with E-state index in [0.29, 0.717) is 18.2 Å². The number of nitrogens with one attached hydrogen (secondary N) is 1. The summed E-state index contributed by atoms with van der Waals surface area (Å²) in [6.07, 6.45) is 1.90. The van der Waals surface area contributed by atoms with E-state index >= 15 is 0 Å². The molecule has 0 saturated carbocycles. The first-order valence-corrected chi connectivity index (χ1v) is 6.52. The van der Waals surface area contributed by atoms with Crippen LogP contribution in [-0.4, -0.2) is 27.6 Å². The van der Waals surface area contributed by atoms with Crippen molar-refractivity contribution in [1.29, 1.82) is 0 Å². The van der Waals surface area contributed by atoms with Crippen LogP contribution in [0, 0.1) is 6.92 Å². The van der Waals surface area contributed by atoms with E-state index < -0.39 is 5.97 Å². The summed E-state index contributed by atoms with van der Waals surface area (Å²) in [6.45, 7) is 2.46. The van der Waals surface area contributed by atoms with Gasteiger partial charge in [0.05, 0.1) is 0 Å². The van der Waals surface area contributed by atoms with Gasteiger partial charge in [-0.05, 0) is 31.4 Å². The molecule has 0 bridgehead atoms. The van der Waals surface area contributed by atoms with E-state index in [9.17, 15) is 4.79 Å². The summed E-state index contributed by atoms with van der Waals surface area (Å²) in [5.74, 6) is -0.668. The molecule has 5 heteroatoms. The minimum atomic E-state index is -1.04. The molecule has 1 aromatic heterocycles. The third-order valence-corrected chi connectivity index (χ3v) is 2.84. The molecule has 1 heterocycles. The lowest BCUT2D eigenvalue weighted by Crippen LogP contribution is -2.10. The van der Waals surface area contributed by atoms with Gasteiger partial charge in [0.1, 0.15) is 0 Å². The summed E-state index contributed by atoms with van der Waals surface area (Å²) in [6, 6.07) is 11.7. The standard InChI is InChI=1S/C15H17N3O2/c1-11-10-13(14(19)20)18-15(17-11)16-9-5-8-12-6-3-2-4-7-12/h2-4,6-7,10H,5,8-9H2,1H3,(H,19,20)(H,16,17,18). The largest absolute Gasteiger partial charge is 0.477 e. The van der Waals surface area contributed by atoms with E-state index in [2.05, 4.69) is 27.4 Å². The fourth-order valence-electron chi connectivity index (χ4n) is 1.89. The Morgan fingerprint density at radius 1 is 1.25 bits per heavy atom. The van der Waals surface area contributed by atoms with Crippen molar-refractivity contribution in [3.05, 3.63) is 53.3 Å². The van der Waals surface area contributed by atoms with Gasteiger partial charge < -0.3 is 10.4 Å². The molecular formula is C15H17N3O2. The Morgan fingerprint density at radius 2 is 2.00 bits per heavy atom. The molecule has 2 rings (SSSR count). The van der Waals surface area contributed by atoms with Crippen molar-refractivity contribution < 1.29 is 9.90 Å². The summed E-state index contributed by atoms with van der Waals surface area (Å²) in [7, 11) is 0. The normalized spacial score (nSPS) is 10.2. The molecule has 0 saturated heterocycles. The number of hydrogen-bond donors (Lipinski definition) is 2. The molecular weight excluding hydrogens is 254 g/mol. The molecule has 1 aromatic carbocycles. The van der Waals surface area contributed by atoms with Gasteiger partial charge in [0, 0.05) is 12.2 Å². The maximum atomic E-state index is 10.9. The Morgan fingerprint density at radius 3 is 2.70 bits per heavy atom. The molecule has 0 aliphatic carbocycles. The molecule has 0 aliphatic heterocycles. The number of rotatable bonds is 6. The van der Waals surface area contributed by atoms with Gasteiger partial charge in [-0.25, -0.2) is 14.8 Å². The number of aryl methyl sites for hydroxylation is 2. The van der Waals surface area contributed by atoms with Crippen molar-refractivity contribution in [2.45, 2.75) is 19.8 Å². The van der Waals surface area contributed by atoms with Crippen LogP contribution in [0.5, 0.6) is 0 Å². The van der Waals surface area contributed by atoms with Crippen molar-refractivity contribution in [1.82, 2.24) is 9.97 Å². The SMILES string of the molecule is Cc1cc(C(=O)O)nc(NCCCc2ccccc2)n1. The zero-order chi connectivity index (χ0) is 14.4. The number of hydrogen-bond acceptors (Lipinski definition) is 4. The zero-order valence-electron chi connectivity index (χ0n) is 11.3. The lowest BCUT2D eigenvalue weighted by Gasteiger charge is -2.06. The van der Waals surface area contributed by atoms with E-state index in [1.807, 2.05) is 18.2 Å². The topological polar surface area (TPSA) is 75.1 Å². The van der Waals surface area contributed by atoms with E-state index in [-0.39, 0.29) is 5.69 Å². The quantitative estimate of drug-likeness (QED) is 0.790. The van der Waals surface area contributed by atoms with Crippen LogP contribution in [-0.2, 0) is 6.42 Å². The van der Waals surface area contributed by atoms with Crippen LogP contribution in [0.4, 0.5) is 5.95 Å². The van der Waals surface area contributed by atoms with Crippen molar-refractivity contribution in [3.63, 3.8) is 0 Å². The predicted octanol–water partition coefficient (Wildman–Crippen LogP) is 2.53. The van der Waals surface area contributed by atoms with Gasteiger partial charge in [-0.1, -0.05) is 30.3 Å². The van der Waals surface area contributed by atoms with Crippen molar-refractivity contribution in [2.24, 2.45) is 0 Å². The van der Waals surface area contributed by atoms with E-state index in [1.165, 1.54) is 11.6 Å². The summed E-state index contributed by atoms with van der Waals surface area (Å²) in [5, 5.41) is 12.0. The number of carbonyl (C=O) groups is 1. The smallest absolute Gasteiger partial charge is 0.354 e. The maximum Gasteiger partial charge on any atom is 0.354 e. The second-order valence-electron chi connectivity index (χ2n) is 4.54. The number of aromatic nitrogens is 2. The number of carboxylic acid groups (broad SMARTS) is 1. The van der Waals surface area contributed by atoms with Gasteiger partial charge >= 0.3 is 5.97 Å². The Labute approximate surface area is 117 Å². The molecule has 0 radical (unpaired) electrons. The molecule has 0 fully saturated rings. The molecule has 104 valence electrons. The van der Waals surface area contributed by atoms with Crippen LogP contribution in [0.15, 0.2) is 36.4 Å². The molecule has 2 aromatic rings. The third kappa shape index (κ3) is 4.05. The number of aromatic carboxylic acids is 1. The zero-order valence-corrected chi connectivity index (χ0v) is 11.3. The Bertz CT molecular complexity index is 585. The highest BCUT2D eigenvalue weighted by atomic mass is 16.4. The Kier molecular flexibility index (Phi) is 4.65. The van der Waals surface area contributed by atoms with E-state index in [1.54, 1.807) is 6.92 Å². The fraction of sp³-hybridized carbons (Fsp3) is 0.267. The van der Waals surface area contributed by atoms with E-state index in [4.69, 9.17) is 5.11 Å². The van der Waals surface area contributed by atoms with Gasteiger partial charge in [-0.3, -0.25) is 0 Å². The highest BCUT2D eigenvalue weighted by Gasteiger charge is 2.08. The lowest BCUT2D eigenvalue weighted by atomic mass is 10.1. The van der Waals surface area contributed by atoms with Crippen molar-refractivity contribution in [3.8, 4) is 0 Å². The molecule has 0 atom stereocenters. The molecule has 0 unspecified atom stereocenters. The van der Waals surface area contributed by atoms with E-state index in [0.717, 1.165) is 12.8 Å². The first-order valence-electron chi connectivity index (χ1n) is 6.52. The van der Waals surface area contributed by atoms with Gasteiger partial charge in [0.2, 0.25) is 5.95 Å². The van der Waals surface area contributed by atoms with Crippen molar-refractivity contribution in [2.75, 3.05) is 11.9 Å². The molecule has 5 nitrogen and oxygen atoms in total. The summed E-state index contributed by atoms with van der Waals surface area (Å²) in [4.78, 5) is 19.0. The fourth-order valence-corrected chi connectivity index (χ4v) is 1.89. The Balaban J connectivity index is 1.86. The molecule has 0 spiro atoms. The van der Waals surface area contributed by atoms with Gasteiger partial charge in [-0.15, -0.1) is 0 Å². The number of anilines is 1. The summed E-state index contributed by atoms with van der Waals surface area (Å²) >= 11 is 0. The molecule has 20 heavy (non-hydrogen) atoms. The molecule has 0 amide bonds. The number of nitrogens with zero attached hydrogens (tertiary/aromatic N) is 2. The highest BCUT2D eigenvalue weighted by molar-refractivity contribution is 5.85. The second kappa shape index (κ2) is 6.65. The lowest BCUT2D eigenvalue weighted by molar-refractivity contribution is 0.0690. The highest BCUT2D eigenvalue weighted by Crippen LogP contribution is 2.06. The van der Waals surface area contributed by atoms with Crippen LogP contribution in [0.1, 0.15) is 28.2 Å². The van der Waals surface area contributed by atoms with Crippen LogP contribution in [0.3, 0.4) is 0 Å². The van der Waals surface area contributed by atoms with Gasteiger partial charge in [-0.2, -0.15) is 0 Å². The minimum absolute atomic E-state index is 0.0167. The second-order valence-corrected chi connectivity index (χ2v) is 4.54. The van der Waals surface area contributed by atoms with Gasteiger partial charge in [0.25, 0.3) is 0 Å². The average Bonchev–Trinajstić information content (AvgIpc) is 2.44. The summed E-state index contributed by atoms with van der Waals surface area (Å²) in [5.41, 5.74) is 1.94. The average molecular weight is 271 g/mol. The van der Waals surface area contributed by atoms with Gasteiger partial charge in [0.15, 0.2) is 5.69 Å². The first-order chi connectivity index (χ1) is 9.65. The van der Waals surface area contributed by atoms with Crippen LogP contribution in [0.25, 0.3) is 0 Å². The third-order valence-electron chi connectivity index (χ3n) is 2.84. The molecule has 2 N–H and O–H groups in total. The predicted molar refractivity (Wildman–Crippen MR) is 77.0 cm³/mol. The maximum absolute atomic E-state index is 10.9. The van der Waals surface area contributed by atoms with Crippen molar-refractivity contribution >= 4 is 11.9 Å². The molecule has 0 aliphatic rings. The first kappa shape index (κ1) is 14.0. The van der Waals surface area contributed by atoms with Crippen LogP contribution in [0.2, 0.25) is 0 Å². The van der Waals surface area contributed by atoms with Crippen LogP contribution < -0.4 is 5.32 Å². The Hall–Kier alpha value is -2.43. The number of benzene rings is 1. The minimum Gasteiger partial charge on any atom is -0.477 e. The number of carboxylic acids is 1. The summed E-state index contributed by atoms with van der Waals surface area (Å²) < 4.78 is 0. The monoisotopic (exact) mass is 271 g/mol.